The Labute approximate surface area is 273 Å². The number of hydrogen-bond acceptors (Lipinski definition) is 2. The molecule has 1 aliphatic carbocycles. The van der Waals surface area contributed by atoms with Gasteiger partial charge in [-0.3, -0.25) is 0 Å². The number of hydrogen-bond donors (Lipinski definition) is 1. The summed E-state index contributed by atoms with van der Waals surface area (Å²) in [4.78, 5) is 4.93. The molecule has 4 heteroatoms. The van der Waals surface area contributed by atoms with Crippen LogP contribution in [0.1, 0.15) is 97.8 Å². The molecule has 0 fully saturated rings. The van der Waals surface area contributed by atoms with Gasteiger partial charge in [0.15, 0.2) is 0 Å². The maximum atomic E-state index is 9.80. The Hall–Kier alpha value is -2.81. The van der Waals surface area contributed by atoms with Crippen molar-refractivity contribution in [1.29, 1.82) is 0 Å². The molecule has 0 atom stereocenters. The van der Waals surface area contributed by atoms with E-state index in [1.807, 2.05) is 40.0 Å². The molecule has 4 aromatic rings. The molecule has 0 aliphatic heterocycles. The van der Waals surface area contributed by atoms with Gasteiger partial charge in [0.05, 0.1) is 5.76 Å². The molecular weight excluding hydrogens is 705 g/mol. The van der Waals surface area contributed by atoms with Crippen LogP contribution in [0.2, 0.25) is 0 Å². The molecule has 0 unspecified atom stereocenters. The number of allylic oxidation sites excluding steroid dienone is 2. The van der Waals surface area contributed by atoms with Gasteiger partial charge >= 0.3 is 0 Å². The van der Waals surface area contributed by atoms with E-state index in [-0.39, 0.29) is 37.4 Å². The standard InChI is InChI=1S/C26H24N.C13H24NO.Ir/c1-16(2)13-17-11-12-19-15-27-25-20-9-5-7-18-8-6-10-22(23(18)20)26(3,4)24(25)21(19)14-17;1-5-10(6-2)12(14)9-13(15)11(7-3)8-4;/h5-8,10-12,14-16H,13H2,1-4H3;9-11,15H,5-8H2,1-4H3;/q2*-1;/b;13-9-;. The zero-order valence-corrected chi connectivity index (χ0v) is 29.6. The fraction of sp³-hybridized carbons (Fsp3) is 0.436. The van der Waals surface area contributed by atoms with E-state index in [1.165, 1.54) is 38.2 Å². The summed E-state index contributed by atoms with van der Waals surface area (Å²) >= 11 is 0. The molecular formula is C39H48IrN2O-2. The quantitative estimate of drug-likeness (QED) is 0.105. The number of aromatic nitrogens is 1. The Morgan fingerprint density at radius 3 is 2.26 bits per heavy atom. The van der Waals surface area contributed by atoms with Gasteiger partial charge in [0.25, 0.3) is 0 Å². The summed E-state index contributed by atoms with van der Waals surface area (Å²) < 4.78 is 0. The van der Waals surface area contributed by atoms with Gasteiger partial charge in [0, 0.05) is 37.6 Å². The smallest absolute Gasteiger partial charge is 0.0937 e. The van der Waals surface area contributed by atoms with E-state index in [1.54, 1.807) is 6.08 Å². The first-order chi connectivity index (χ1) is 20.1. The van der Waals surface area contributed by atoms with Crippen molar-refractivity contribution in [3.63, 3.8) is 0 Å². The van der Waals surface area contributed by atoms with Crippen molar-refractivity contribution in [3.05, 3.63) is 94.7 Å². The van der Waals surface area contributed by atoms with E-state index in [4.69, 9.17) is 4.98 Å². The van der Waals surface area contributed by atoms with Crippen molar-refractivity contribution in [2.24, 2.45) is 17.8 Å². The molecule has 3 aromatic carbocycles. The summed E-state index contributed by atoms with van der Waals surface area (Å²) in [6, 6.07) is 21.2. The number of aliphatic hydroxyl groups excluding tert-OH is 1. The van der Waals surface area contributed by atoms with E-state index in [0.717, 1.165) is 43.4 Å². The molecule has 0 spiro atoms. The fourth-order valence-electron chi connectivity index (χ4n) is 6.60. The van der Waals surface area contributed by atoms with E-state index >= 15 is 0 Å². The van der Waals surface area contributed by atoms with Crippen LogP contribution in [0.5, 0.6) is 0 Å². The first-order valence-corrected chi connectivity index (χ1v) is 15.9. The largest absolute Gasteiger partial charge is 0.807 e. The molecule has 0 saturated carbocycles. The van der Waals surface area contributed by atoms with Gasteiger partial charge in [-0.25, -0.2) is 0 Å². The second-order valence-electron chi connectivity index (χ2n) is 12.8. The van der Waals surface area contributed by atoms with Gasteiger partial charge in [0.1, 0.15) is 0 Å². The average Bonchev–Trinajstić information content (AvgIpc) is 2.96. The van der Waals surface area contributed by atoms with Gasteiger partial charge in [0.2, 0.25) is 0 Å². The van der Waals surface area contributed by atoms with Crippen LogP contribution in [0.3, 0.4) is 0 Å². The minimum atomic E-state index is -0.0972. The third kappa shape index (κ3) is 7.13. The van der Waals surface area contributed by atoms with Crippen molar-refractivity contribution in [2.75, 3.05) is 0 Å². The van der Waals surface area contributed by atoms with Crippen LogP contribution in [0.4, 0.5) is 0 Å². The van der Waals surface area contributed by atoms with Crippen LogP contribution in [0.15, 0.2) is 66.6 Å². The Morgan fingerprint density at radius 2 is 1.63 bits per heavy atom. The maximum absolute atomic E-state index is 9.80. The van der Waals surface area contributed by atoms with Crippen LogP contribution in [-0.2, 0) is 31.9 Å². The van der Waals surface area contributed by atoms with Gasteiger partial charge in [-0.2, -0.15) is 5.71 Å². The van der Waals surface area contributed by atoms with E-state index in [0.29, 0.717) is 17.4 Å². The Morgan fingerprint density at radius 1 is 0.953 bits per heavy atom. The first kappa shape index (κ1) is 34.7. The molecule has 231 valence electrons. The summed E-state index contributed by atoms with van der Waals surface area (Å²) in [5, 5.41) is 24.7. The third-order valence-corrected chi connectivity index (χ3v) is 9.08. The maximum Gasteiger partial charge on any atom is 0.0937 e. The molecule has 1 N–H and O–H groups in total. The van der Waals surface area contributed by atoms with Gasteiger partial charge in [-0.05, 0) is 64.8 Å². The van der Waals surface area contributed by atoms with E-state index in [9.17, 15) is 10.5 Å². The fourth-order valence-corrected chi connectivity index (χ4v) is 6.60. The minimum Gasteiger partial charge on any atom is -0.807 e. The zero-order valence-electron chi connectivity index (χ0n) is 27.2. The topological polar surface area (TPSA) is 55.4 Å². The van der Waals surface area contributed by atoms with Gasteiger partial charge < -0.3 is 15.5 Å². The van der Waals surface area contributed by atoms with Crippen molar-refractivity contribution in [1.82, 2.24) is 4.98 Å². The van der Waals surface area contributed by atoms with E-state index < -0.39 is 0 Å². The van der Waals surface area contributed by atoms with Gasteiger partial charge in [-0.15, -0.1) is 29.1 Å². The first-order valence-electron chi connectivity index (χ1n) is 15.9. The zero-order chi connectivity index (χ0) is 30.6. The third-order valence-electron chi connectivity index (χ3n) is 9.08. The number of aliphatic hydroxyl groups is 1. The second kappa shape index (κ2) is 14.8. The SMILES string of the molecule is CC(C)Cc1ccc2cnc3c(c2c1)C(C)(C)c1cccc2cc[c-]c-3c12.CCC(CC)C(=[N-])/C=C(\O)C(CC)CC.[Ir]. The predicted molar refractivity (Wildman–Crippen MR) is 181 cm³/mol. The molecule has 1 radical (unpaired) electrons. The summed E-state index contributed by atoms with van der Waals surface area (Å²) in [5.41, 5.74) is 6.59. The molecule has 1 heterocycles. The monoisotopic (exact) mass is 753 g/mol. The predicted octanol–water partition coefficient (Wildman–Crippen LogP) is 11.0. The average molecular weight is 753 g/mol. The molecule has 0 saturated heterocycles. The van der Waals surface area contributed by atoms with Crippen molar-refractivity contribution >= 4 is 27.3 Å². The Balaban J connectivity index is 0.000000274. The molecule has 0 amide bonds. The number of benzene rings is 3. The molecule has 43 heavy (non-hydrogen) atoms. The number of pyridine rings is 1. The van der Waals surface area contributed by atoms with Crippen molar-refractivity contribution < 1.29 is 25.2 Å². The Bertz CT molecular complexity index is 1590. The molecule has 1 aliphatic rings. The summed E-state index contributed by atoms with van der Waals surface area (Å²) in [6.07, 6.45) is 8.33. The van der Waals surface area contributed by atoms with Crippen LogP contribution in [-0.4, -0.2) is 15.8 Å². The van der Waals surface area contributed by atoms with Crippen molar-refractivity contribution in [2.45, 2.75) is 92.9 Å². The molecule has 5 rings (SSSR count). The van der Waals surface area contributed by atoms with Crippen LogP contribution < -0.4 is 0 Å². The van der Waals surface area contributed by atoms with Crippen molar-refractivity contribution in [3.8, 4) is 11.3 Å². The number of fused-ring (bicyclic) bond motifs is 4. The van der Waals surface area contributed by atoms with Gasteiger partial charge in [-0.1, -0.05) is 116 Å². The molecule has 0 bridgehead atoms. The summed E-state index contributed by atoms with van der Waals surface area (Å²) in [5.74, 6) is 1.34. The second-order valence-corrected chi connectivity index (χ2v) is 12.8. The summed E-state index contributed by atoms with van der Waals surface area (Å²) in [7, 11) is 0. The number of nitrogens with zero attached hydrogens (tertiary/aromatic N) is 2. The van der Waals surface area contributed by atoms with Crippen LogP contribution in [0.25, 0.3) is 38.2 Å². The van der Waals surface area contributed by atoms with E-state index in [2.05, 4.69) is 76.2 Å². The molecule has 3 nitrogen and oxygen atoms in total. The normalized spacial score (nSPS) is 13.6. The Kier molecular flexibility index (Phi) is 11.9. The molecule has 1 aromatic heterocycles. The number of rotatable bonds is 9. The van der Waals surface area contributed by atoms with Crippen LogP contribution >= 0.6 is 0 Å². The summed E-state index contributed by atoms with van der Waals surface area (Å²) in [6.45, 7) is 17.4. The van der Waals surface area contributed by atoms with Crippen LogP contribution in [0, 0.1) is 23.8 Å². The minimum absolute atomic E-state index is 0.